The molecule has 0 spiro atoms. The van der Waals surface area contributed by atoms with Crippen LogP contribution in [0.1, 0.15) is 51.5 Å². The molecule has 0 fully saturated rings. The van der Waals surface area contributed by atoms with E-state index < -0.39 is 60.2 Å². The Morgan fingerprint density at radius 3 is 2.16 bits per heavy atom. The predicted octanol–water partition coefficient (Wildman–Crippen LogP) is -0.459. The topological polar surface area (TPSA) is 268 Å². The first-order valence-electron chi connectivity index (χ1n) is 14.0. The van der Waals surface area contributed by atoms with Crippen molar-refractivity contribution in [3.8, 4) is 0 Å². The van der Waals surface area contributed by atoms with E-state index in [9.17, 15) is 34.2 Å². The van der Waals surface area contributed by atoms with Crippen LogP contribution in [0.15, 0.2) is 35.5 Å². The summed E-state index contributed by atoms with van der Waals surface area (Å²) in [4.78, 5) is 69.6. The quantitative estimate of drug-likeness (QED) is 0.0602. The number of fused-ring (bicyclic) bond motifs is 1. The van der Waals surface area contributed by atoms with E-state index in [1.165, 1.54) is 0 Å². The molecule has 15 nitrogen and oxygen atoms in total. The molecule has 3 amide bonds. The van der Waals surface area contributed by atoms with Crippen molar-refractivity contribution in [3.05, 3.63) is 36.0 Å². The first kappa shape index (κ1) is 34.5. The lowest BCUT2D eigenvalue weighted by atomic mass is 10.0. The van der Waals surface area contributed by atoms with Gasteiger partial charge in [0.1, 0.15) is 18.1 Å². The van der Waals surface area contributed by atoms with Crippen LogP contribution in [0.25, 0.3) is 10.9 Å². The van der Waals surface area contributed by atoms with E-state index in [0.29, 0.717) is 12.0 Å². The lowest BCUT2D eigenvalue weighted by molar-refractivity contribution is -0.143. The number of nitrogens with one attached hydrogen (secondary N) is 4. The van der Waals surface area contributed by atoms with Crippen molar-refractivity contribution < 1.29 is 34.2 Å². The van der Waals surface area contributed by atoms with Crippen LogP contribution in [0.5, 0.6) is 0 Å². The number of nitrogens with zero attached hydrogens (tertiary/aromatic N) is 1. The Morgan fingerprint density at radius 1 is 0.907 bits per heavy atom. The number of benzene rings is 1. The molecule has 0 bridgehead atoms. The second-order valence-electron chi connectivity index (χ2n) is 10.7. The van der Waals surface area contributed by atoms with Crippen molar-refractivity contribution in [3.63, 3.8) is 0 Å². The molecule has 4 unspecified atom stereocenters. The molecule has 15 heteroatoms. The van der Waals surface area contributed by atoms with E-state index in [0.717, 1.165) is 10.9 Å². The number of carbonyl (C=O) groups excluding carboxylic acids is 3. The van der Waals surface area contributed by atoms with Gasteiger partial charge in [-0.2, -0.15) is 0 Å². The van der Waals surface area contributed by atoms with Crippen LogP contribution in [0, 0.1) is 5.92 Å². The van der Waals surface area contributed by atoms with Crippen molar-refractivity contribution in [1.82, 2.24) is 20.9 Å². The molecule has 0 aliphatic rings. The van der Waals surface area contributed by atoms with Gasteiger partial charge in [0.15, 0.2) is 5.96 Å². The Hall–Kier alpha value is -4.66. The van der Waals surface area contributed by atoms with Crippen LogP contribution < -0.4 is 33.2 Å². The molecule has 43 heavy (non-hydrogen) atoms. The van der Waals surface area contributed by atoms with Gasteiger partial charge >= 0.3 is 11.9 Å². The molecule has 2 aromatic rings. The largest absolute Gasteiger partial charge is 0.481 e. The molecule has 1 aromatic heterocycles. The number of carbonyl (C=O) groups is 5. The lowest BCUT2D eigenvalue weighted by Gasteiger charge is -2.25. The molecular formula is C28H42N8O7. The number of nitrogens with two attached hydrogens (primary N) is 3. The van der Waals surface area contributed by atoms with Gasteiger partial charge in [0.05, 0.1) is 6.04 Å². The zero-order chi connectivity index (χ0) is 32.1. The van der Waals surface area contributed by atoms with Crippen molar-refractivity contribution >= 4 is 46.5 Å². The van der Waals surface area contributed by atoms with Crippen LogP contribution in [-0.4, -0.2) is 81.5 Å². The Morgan fingerprint density at radius 2 is 1.53 bits per heavy atom. The van der Waals surface area contributed by atoms with E-state index in [-0.39, 0.29) is 44.1 Å². The number of hydrogen-bond acceptors (Lipinski definition) is 7. The fourth-order valence-corrected chi connectivity index (χ4v) is 4.47. The first-order chi connectivity index (χ1) is 20.3. The van der Waals surface area contributed by atoms with Crippen molar-refractivity contribution in [2.24, 2.45) is 28.1 Å². The molecule has 0 saturated carbocycles. The average molecular weight is 603 g/mol. The number of aliphatic imine (C=N–C) groups is 1. The highest BCUT2D eigenvalue weighted by Crippen LogP contribution is 2.19. The van der Waals surface area contributed by atoms with Gasteiger partial charge in [-0.05, 0) is 43.2 Å². The van der Waals surface area contributed by atoms with E-state index in [2.05, 4.69) is 25.9 Å². The van der Waals surface area contributed by atoms with Crippen molar-refractivity contribution in [2.45, 2.75) is 76.5 Å². The van der Waals surface area contributed by atoms with Gasteiger partial charge in [-0.25, -0.2) is 4.79 Å². The molecule has 12 N–H and O–H groups in total. The molecular weight excluding hydrogens is 560 g/mol. The minimum Gasteiger partial charge on any atom is -0.481 e. The Bertz CT molecular complexity index is 1310. The summed E-state index contributed by atoms with van der Waals surface area (Å²) in [6.45, 7) is 3.94. The Labute approximate surface area is 249 Å². The summed E-state index contributed by atoms with van der Waals surface area (Å²) in [6, 6.07) is 2.56. The molecule has 0 aliphatic carbocycles. The minimum absolute atomic E-state index is 0.0234. The van der Waals surface area contributed by atoms with E-state index in [4.69, 9.17) is 17.2 Å². The normalized spacial score (nSPS) is 13.9. The third-order valence-electron chi connectivity index (χ3n) is 6.63. The minimum atomic E-state index is -1.41. The van der Waals surface area contributed by atoms with Gasteiger partial charge < -0.3 is 48.3 Å². The summed E-state index contributed by atoms with van der Waals surface area (Å²) in [7, 11) is 0. The molecule has 1 heterocycles. The Balaban J connectivity index is 2.28. The first-order valence-corrected chi connectivity index (χ1v) is 14.0. The van der Waals surface area contributed by atoms with Gasteiger partial charge in [-0.15, -0.1) is 0 Å². The number of carboxylic acids is 2. The highest BCUT2D eigenvalue weighted by Gasteiger charge is 2.31. The number of aromatic nitrogens is 1. The predicted molar refractivity (Wildman–Crippen MR) is 160 cm³/mol. The zero-order valence-corrected chi connectivity index (χ0v) is 24.3. The van der Waals surface area contributed by atoms with E-state index in [1.54, 1.807) is 6.20 Å². The molecule has 1 aromatic carbocycles. The summed E-state index contributed by atoms with van der Waals surface area (Å²) in [6.07, 6.45) is 1.51. The summed E-state index contributed by atoms with van der Waals surface area (Å²) in [5.41, 5.74) is 18.1. The standard InChI is InChI=1S/C28H42N8O7/c1-15(2)12-18(29)24(39)36-22(13-16-14-33-19-7-4-3-6-17(16)19)26(41)34-20(9-10-23(37)38)25(40)35-21(27(42)43)8-5-11-32-28(30)31/h3-4,6-7,14-15,18,20-22,33H,5,8-13,29H2,1-2H3,(H,34,41)(H,35,40)(H,36,39)(H,37,38)(H,42,43)(H4,30,31,32). The zero-order valence-electron chi connectivity index (χ0n) is 24.3. The Kier molecular flexibility index (Phi) is 13.4. The second kappa shape index (κ2) is 16.7. The molecule has 236 valence electrons. The van der Waals surface area contributed by atoms with Crippen LogP contribution in [0.4, 0.5) is 0 Å². The monoisotopic (exact) mass is 602 g/mol. The summed E-state index contributed by atoms with van der Waals surface area (Å²) in [5, 5.41) is 27.2. The molecule has 0 aliphatic heterocycles. The van der Waals surface area contributed by atoms with Crippen LogP contribution in [-0.2, 0) is 30.4 Å². The molecule has 4 atom stereocenters. The highest BCUT2D eigenvalue weighted by atomic mass is 16.4. The van der Waals surface area contributed by atoms with Crippen LogP contribution >= 0.6 is 0 Å². The number of aromatic amines is 1. The van der Waals surface area contributed by atoms with E-state index >= 15 is 0 Å². The summed E-state index contributed by atoms with van der Waals surface area (Å²) in [5.74, 6) is -4.81. The van der Waals surface area contributed by atoms with Gasteiger partial charge in [-0.3, -0.25) is 24.2 Å². The number of rotatable bonds is 18. The number of carboxylic acid groups (broad SMARTS) is 2. The van der Waals surface area contributed by atoms with E-state index in [1.807, 2.05) is 38.1 Å². The van der Waals surface area contributed by atoms with Gasteiger partial charge in [0.2, 0.25) is 17.7 Å². The van der Waals surface area contributed by atoms with Gasteiger partial charge in [0, 0.05) is 36.5 Å². The molecule has 2 rings (SSSR count). The number of hydrogen-bond donors (Lipinski definition) is 9. The van der Waals surface area contributed by atoms with Crippen LogP contribution in [0.3, 0.4) is 0 Å². The van der Waals surface area contributed by atoms with Crippen LogP contribution in [0.2, 0.25) is 0 Å². The average Bonchev–Trinajstić information content (AvgIpc) is 3.33. The second-order valence-corrected chi connectivity index (χ2v) is 10.7. The maximum Gasteiger partial charge on any atom is 0.326 e. The maximum absolute atomic E-state index is 13.6. The molecule has 0 saturated heterocycles. The third kappa shape index (κ3) is 11.6. The number of aliphatic carboxylic acids is 2. The highest BCUT2D eigenvalue weighted by molar-refractivity contribution is 5.95. The summed E-state index contributed by atoms with van der Waals surface area (Å²) >= 11 is 0. The lowest BCUT2D eigenvalue weighted by Crippen LogP contribution is -2.57. The van der Waals surface area contributed by atoms with Gasteiger partial charge in [0.25, 0.3) is 0 Å². The van der Waals surface area contributed by atoms with Gasteiger partial charge in [-0.1, -0.05) is 32.0 Å². The smallest absolute Gasteiger partial charge is 0.326 e. The van der Waals surface area contributed by atoms with Crippen molar-refractivity contribution in [1.29, 1.82) is 0 Å². The SMILES string of the molecule is CC(C)CC(N)C(=O)NC(Cc1c[nH]c2ccccc12)C(=O)NC(CCC(=O)O)C(=O)NC(CCCN=C(N)N)C(=O)O. The summed E-state index contributed by atoms with van der Waals surface area (Å²) < 4.78 is 0. The number of guanidine groups is 1. The number of H-pyrrole nitrogens is 1. The fraction of sp³-hybridized carbons (Fsp3) is 0.500. The van der Waals surface area contributed by atoms with Crippen molar-refractivity contribution in [2.75, 3.05) is 6.54 Å². The third-order valence-corrected chi connectivity index (χ3v) is 6.63. The number of para-hydroxylation sites is 1. The molecule has 0 radical (unpaired) electrons. The fourth-order valence-electron chi connectivity index (χ4n) is 4.47. The number of amides is 3. The maximum atomic E-state index is 13.6.